The topological polar surface area (TPSA) is 21.3 Å². The molecular formula is C17H27NO. The summed E-state index contributed by atoms with van der Waals surface area (Å²) in [6.07, 6.45) is 3.93. The fourth-order valence-corrected chi connectivity index (χ4v) is 2.76. The average Bonchev–Trinajstić information content (AvgIpc) is 2.33. The van der Waals surface area contributed by atoms with Crippen LogP contribution in [0.5, 0.6) is 0 Å². The second kappa shape index (κ2) is 6.53. The number of rotatable bonds is 6. The smallest absolute Gasteiger partial charge is 0.0601 e. The van der Waals surface area contributed by atoms with E-state index in [0.717, 1.165) is 18.8 Å². The Morgan fingerprint density at radius 1 is 1.16 bits per heavy atom. The molecule has 1 fully saturated rings. The molecule has 0 aromatic heterocycles. The van der Waals surface area contributed by atoms with Gasteiger partial charge in [0.15, 0.2) is 0 Å². The van der Waals surface area contributed by atoms with E-state index >= 15 is 0 Å². The van der Waals surface area contributed by atoms with Gasteiger partial charge in [-0.2, -0.15) is 0 Å². The first-order valence-electron chi connectivity index (χ1n) is 7.46. The molecule has 1 N–H and O–H groups in total. The van der Waals surface area contributed by atoms with Crippen LogP contribution in [0.2, 0.25) is 0 Å². The van der Waals surface area contributed by atoms with Crippen molar-refractivity contribution in [2.75, 3.05) is 7.11 Å². The summed E-state index contributed by atoms with van der Waals surface area (Å²) in [4.78, 5) is 0. The first-order chi connectivity index (χ1) is 9.08. The first kappa shape index (κ1) is 14.5. The molecule has 2 rings (SSSR count). The van der Waals surface area contributed by atoms with Crippen molar-refractivity contribution in [3.63, 3.8) is 0 Å². The SMILES string of the molecule is COC1CC(NC(C)c2ccc(CC(C)C)cc2)C1. The summed E-state index contributed by atoms with van der Waals surface area (Å²) in [5.74, 6) is 0.724. The van der Waals surface area contributed by atoms with Gasteiger partial charge in [-0.05, 0) is 43.2 Å². The monoisotopic (exact) mass is 261 g/mol. The predicted octanol–water partition coefficient (Wildman–Crippen LogP) is 3.71. The van der Waals surface area contributed by atoms with Crippen molar-refractivity contribution in [3.05, 3.63) is 35.4 Å². The van der Waals surface area contributed by atoms with E-state index in [1.54, 1.807) is 7.11 Å². The highest BCUT2D eigenvalue weighted by molar-refractivity contribution is 5.25. The third-order valence-electron chi connectivity index (χ3n) is 4.04. The van der Waals surface area contributed by atoms with Crippen LogP contribution < -0.4 is 5.32 Å². The zero-order chi connectivity index (χ0) is 13.8. The number of hydrogen-bond acceptors (Lipinski definition) is 2. The molecule has 0 saturated heterocycles. The van der Waals surface area contributed by atoms with E-state index in [2.05, 4.69) is 50.4 Å². The molecule has 0 bridgehead atoms. The van der Waals surface area contributed by atoms with Gasteiger partial charge in [-0.25, -0.2) is 0 Å². The third kappa shape index (κ3) is 4.05. The van der Waals surface area contributed by atoms with Crippen LogP contribution in [0.15, 0.2) is 24.3 Å². The minimum atomic E-state index is 0.427. The van der Waals surface area contributed by atoms with Crippen LogP contribution in [-0.2, 0) is 11.2 Å². The predicted molar refractivity (Wildman–Crippen MR) is 80.4 cm³/mol. The molecule has 1 aliphatic carbocycles. The fraction of sp³-hybridized carbons (Fsp3) is 0.647. The van der Waals surface area contributed by atoms with Crippen LogP contribution >= 0.6 is 0 Å². The zero-order valence-corrected chi connectivity index (χ0v) is 12.6. The lowest BCUT2D eigenvalue weighted by Gasteiger charge is -2.36. The second-order valence-electron chi connectivity index (χ2n) is 6.25. The van der Waals surface area contributed by atoms with Gasteiger partial charge in [0.1, 0.15) is 0 Å². The lowest BCUT2D eigenvalue weighted by molar-refractivity contribution is 0.0147. The standard InChI is InChI=1S/C17H27NO/c1-12(2)9-14-5-7-15(8-6-14)13(3)18-16-10-17(11-16)19-4/h5-8,12-13,16-18H,9-11H2,1-4H3. The van der Waals surface area contributed by atoms with Crippen LogP contribution in [-0.4, -0.2) is 19.3 Å². The molecule has 19 heavy (non-hydrogen) atoms. The molecule has 0 spiro atoms. The van der Waals surface area contributed by atoms with E-state index in [4.69, 9.17) is 4.74 Å². The summed E-state index contributed by atoms with van der Waals surface area (Å²) in [6, 6.07) is 10.1. The molecule has 0 heterocycles. The Hall–Kier alpha value is -0.860. The molecule has 2 nitrogen and oxygen atoms in total. The summed E-state index contributed by atoms with van der Waals surface area (Å²) < 4.78 is 5.32. The second-order valence-corrected chi connectivity index (χ2v) is 6.25. The van der Waals surface area contributed by atoms with Crippen LogP contribution in [0.4, 0.5) is 0 Å². The Morgan fingerprint density at radius 2 is 1.79 bits per heavy atom. The molecule has 0 radical (unpaired) electrons. The van der Waals surface area contributed by atoms with Crippen molar-refractivity contribution in [2.24, 2.45) is 5.92 Å². The van der Waals surface area contributed by atoms with Gasteiger partial charge in [0.05, 0.1) is 6.10 Å². The quantitative estimate of drug-likeness (QED) is 0.843. The number of hydrogen-bond donors (Lipinski definition) is 1. The van der Waals surface area contributed by atoms with Crippen molar-refractivity contribution in [1.29, 1.82) is 0 Å². The van der Waals surface area contributed by atoms with Crippen molar-refractivity contribution in [2.45, 2.75) is 58.2 Å². The molecule has 1 aromatic carbocycles. The highest BCUT2D eigenvalue weighted by atomic mass is 16.5. The maximum absolute atomic E-state index is 5.32. The van der Waals surface area contributed by atoms with Gasteiger partial charge in [-0.15, -0.1) is 0 Å². The zero-order valence-electron chi connectivity index (χ0n) is 12.6. The van der Waals surface area contributed by atoms with Crippen molar-refractivity contribution >= 4 is 0 Å². The highest BCUT2D eigenvalue weighted by Gasteiger charge is 2.29. The van der Waals surface area contributed by atoms with E-state index in [1.165, 1.54) is 17.5 Å². The summed E-state index contributed by atoms with van der Waals surface area (Å²) in [6.45, 7) is 6.78. The third-order valence-corrected chi connectivity index (χ3v) is 4.04. The van der Waals surface area contributed by atoms with Gasteiger partial charge >= 0.3 is 0 Å². The molecule has 106 valence electrons. The molecule has 1 atom stereocenters. The van der Waals surface area contributed by atoms with Crippen molar-refractivity contribution in [1.82, 2.24) is 5.32 Å². The van der Waals surface area contributed by atoms with Gasteiger partial charge < -0.3 is 10.1 Å². The molecule has 1 unspecified atom stereocenters. The molecule has 1 aromatic rings. The molecule has 1 saturated carbocycles. The highest BCUT2D eigenvalue weighted by Crippen LogP contribution is 2.25. The van der Waals surface area contributed by atoms with Crippen LogP contribution in [0, 0.1) is 5.92 Å². The Morgan fingerprint density at radius 3 is 2.32 bits per heavy atom. The average molecular weight is 261 g/mol. The van der Waals surface area contributed by atoms with Crippen LogP contribution in [0.1, 0.15) is 50.8 Å². The lowest BCUT2D eigenvalue weighted by Crippen LogP contribution is -2.45. The van der Waals surface area contributed by atoms with E-state index in [0.29, 0.717) is 18.2 Å². The van der Waals surface area contributed by atoms with Gasteiger partial charge in [-0.1, -0.05) is 38.1 Å². The van der Waals surface area contributed by atoms with Gasteiger partial charge in [0.2, 0.25) is 0 Å². The normalized spacial score (nSPS) is 24.3. The van der Waals surface area contributed by atoms with E-state index in [-0.39, 0.29) is 0 Å². The van der Waals surface area contributed by atoms with Crippen LogP contribution in [0.25, 0.3) is 0 Å². The van der Waals surface area contributed by atoms with Crippen molar-refractivity contribution in [3.8, 4) is 0 Å². The summed E-state index contributed by atoms with van der Waals surface area (Å²) in [5.41, 5.74) is 2.82. The van der Waals surface area contributed by atoms with Crippen LogP contribution in [0.3, 0.4) is 0 Å². The Bertz CT molecular complexity index is 379. The Kier molecular flexibility index (Phi) is 5.00. The molecular weight excluding hydrogens is 234 g/mol. The molecule has 2 heteroatoms. The van der Waals surface area contributed by atoms with Gasteiger partial charge in [0.25, 0.3) is 0 Å². The molecule has 1 aliphatic rings. The first-order valence-corrected chi connectivity index (χ1v) is 7.46. The largest absolute Gasteiger partial charge is 0.381 e. The number of benzene rings is 1. The number of ether oxygens (including phenoxy) is 1. The Balaban J connectivity index is 1.84. The van der Waals surface area contributed by atoms with E-state index < -0.39 is 0 Å². The minimum absolute atomic E-state index is 0.427. The lowest BCUT2D eigenvalue weighted by atomic mass is 9.88. The van der Waals surface area contributed by atoms with E-state index in [9.17, 15) is 0 Å². The van der Waals surface area contributed by atoms with Gasteiger partial charge in [0, 0.05) is 19.2 Å². The number of methoxy groups -OCH3 is 1. The molecule has 0 aliphatic heterocycles. The summed E-state index contributed by atoms with van der Waals surface area (Å²) in [7, 11) is 1.80. The minimum Gasteiger partial charge on any atom is -0.381 e. The summed E-state index contributed by atoms with van der Waals surface area (Å²) >= 11 is 0. The fourth-order valence-electron chi connectivity index (χ4n) is 2.76. The van der Waals surface area contributed by atoms with Gasteiger partial charge in [-0.3, -0.25) is 0 Å². The maximum atomic E-state index is 5.32. The maximum Gasteiger partial charge on any atom is 0.0601 e. The van der Waals surface area contributed by atoms with Crippen molar-refractivity contribution < 1.29 is 4.74 Å². The van der Waals surface area contributed by atoms with E-state index in [1.807, 2.05) is 0 Å². The number of nitrogens with one attached hydrogen (secondary N) is 1. The summed E-state index contributed by atoms with van der Waals surface area (Å²) in [5, 5.41) is 3.68. The molecule has 0 amide bonds. The Labute approximate surface area is 117 Å².